The molecule has 0 saturated carbocycles. The van der Waals surface area contributed by atoms with E-state index in [4.69, 9.17) is 11.2 Å². The number of halogens is 1. The predicted molar refractivity (Wildman–Crippen MR) is 77.9 cm³/mol. The summed E-state index contributed by atoms with van der Waals surface area (Å²) in [6.07, 6.45) is 4.43. The number of benzene rings is 1. The Morgan fingerprint density at radius 1 is 1.17 bits per heavy atom. The second kappa shape index (κ2) is 4.80. The molecule has 0 spiro atoms. The topological polar surface area (TPSA) is 30.0 Å². The van der Waals surface area contributed by atoms with E-state index in [1.807, 2.05) is 30.3 Å². The molecule has 5 heteroatoms. The Morgan fingerprint density at radius 2 is 1.89 bits per heavy atom. The number of thiazole rings is 1. The fourth-order valence-electron chi connectivity index (χ4n) is 2.19. The third-order valence-electron chi connectivity index (χ3n) is 3.17. The third kappa shape index (κ3) is 2.16. The summed E-state index contributed by atoms with van der Waals surface area (Å²) >= 11 is 7.84. The summed E-state index contributed by atoms with van der Waals surface area (Å²) in [5, 5.41) is 0.678. The number of nitrogens with zero attached hydrogens (tertiary/aromatic N) is 1. The molecule has 1 aromatic heterocycles. The first-order chi connectivity index (χ1) is 8.68. The van der Waals surface area contributed by atoms with Crippen LogP contribution < -0.4 is 10.1 Å². The van der Waals surface area contributed by atoms with Crippen molar-refractivity contribution in [1.29, 1.82) is 0 Å². The number of aryl methyl sites for hydroxylation is 2. The van der Waals surface area contributed by atoms with Crippen LogP contribution in [0.4, 0.5) is 0 Å². The van der Waals surface area contributed by atoms with E-state index >= 15 is 0 Å². The van der Waals surface area contributed by atoms with E-state index in [1.54, 1.807) is 0 Å². The van der Waals surface area contributed by atoms with Crippen LogP contribution in [0, 0.1) is 0 Å². The van der Waals surface area contributed by atoms with Crippen LogP contribution >= 0.6 is 29.1 Å². The molecular weight excluding hydrogens is 285 g/mol. The fraction of sp³-hybridized carbons (Fsp3) is 0.308. The third-order valence-corrected chi connectivity index (χ3v) is 8.09. The van der Waals surface area contributed by atoms with Gasteiger partial charge in [-0.05, 0) is 49.1 Å². The van der Waals surface area contributed by atoms with Crippen LogP contribution in [0.3, 0.4) is 0 Å². The van der Waals surface area contributed by atoms with E-state index < -0.39 is 6.49 Å². The average molecular weight is 298 g/mol. The van der Waals surface area contributed by atoms with E-state index in [2.05, 4.69) is 4.98 Å². The van der Waals surface area contributed by atoms with Crippen molar-refractivity contribution in [3.63, 3.8) is 0 Å². The second-order valence-corrected chi connectivity index (χ2v) is 9.26. The Balaban J connectivity index is 2.04. The molecular formula is C13H13ClNOPS. The van der Waals surface area contributed by atoms with Gasteiger partial charge in [0.2, 0.25) is 0 Å². The maximum absolute atomic E-state index is 12.7. The zero-order valence-corrected chi connectivity index (χ0v) is 12.3. The van der Waals surface area contributed by atoms with Gasteiger partial charge in [0, 0.05) is 10.2 Å². The Bertz CT molecular complexity index is 587. The van der Waals surface area contributed by atoms with Crippen molar-refractivity contribution in [2.24, 2.45) is 0 Å². The first-order valence-electron chi connectivity index (χ1n) is 6.02. The summed E-state index contributed by atoms with van der Waals surface area (Å²) in [6.45, 7) is -3.02. The Kier molecular flexibility index (Phi) is 3.31. The zero-order valence-electron chi connectivity index (χ0n) is 9.80. The minimum Gasteiger partial charge on any atom is -0.294 e. The Hall–Kier alpha value is -0.630. The van der Waals surface area contributed by atoms with Crippen LogP contribution in [0.5, 0.6) is 0 Å². The van der Waals surface area contributed by atoms with Crippen molar-refractivity contribution < 1.29 is 4.57 Å². The summed E-state index contributed by atoms with van der Waals surface area (Å²) in [4.78, 5) is 5.79. The second-order valence-electron chi connectivity index (χ2n) is 4.44. The van der Waals surface area contributed by atoms with Crippen LogP contribution in [-0.4, -0.2) is 4.98 Å². The van der Waals surface area contributed by atoms with Crippen LogP contribution in [0.25, 0.3) is 0 Å². The van der Waals surface area contributed by atoms with Crippen molar-refractivity contribution in [1.82, 2.24) is 4.98 Å². The lowest BCUT2D eigenvalue weighted by atomic mass is 10.0. The monoisotopic (exact) mass is 297 g/mol. The van der Waals surface area contributed by atoms with Gasteiger partial charge in [-0.25, -0.2) is 4.98 Å². The maximum Gasteiger partial charge on any atom is 0.253 e. The Morgan fingerprint density at radius 3 is 2.61 bits per heavy atom. The van der Waals surface area contributed by atoms with Gasteiger partial charge < -0.3 is 0 Å². The van der Waals surface area contributed by atoms with E-state index in [0.717, 1.165) is 18.5 Å². The van der Waals surface area contributed by atoms with Crippen LogP contribution in [0.2, 0.25) is 0 Å². The SMILES string of the molecule is O=P(Cl)(c1ccccc1)c1nc2c(s1)CCCC2. The number of hydrogen-bond acceptors (Lipinski definition) is 3. The van der Waals surface area contributed by atoms with Crippen molar-refractivity contribution in [3.05, 3.63) is 40.9 Å². The molecule has 2 nitrogen and oxygen atoms in total. The lowest BCUT2D eigenvalue weighted by Crippen LogP contribution is -2.11. The van der Waals surface area contributed by atoms with Crippen molar-refractivity contribution in [2.75, 3.05) is 0 Å². The number of aromatic nitrogens is 1. The van der Waals surface area contributed by atoms with Gasteiger partial charge in [-0.3, -0.25) is 4.57 Å². The highest BCUT2D eigenvalue weighted by Crippen LogP contribution is 2.50. The van der Waals surface area contributed by atoms with Gasteiger partial charge in [-0.1, -0.05) is 18.2 Å². The van der Waals surface area contributed by atoms with Gasteiger partial charge in [0.25, 0.3) is 6.49 Å². The molecule has 0 N–H and O–H groups in total. The molecule has 0 aliphatic heterocycles. The highest BCUT2D eigenvalue weighted by Gasteiger charge is 2.30. The maximum atomic E-state index is 12.7. The summed E-state index contributed by atoms with van der Waals surface area (Å²) in [6, 6.07) is 9.24. The largest absolute Gasteiger partial charge is 0.294 e. The highest BCUT2D eigenvalue weighted by molar-refractivity contribution is 8.03. The van der Waals surface area contributed by atoms with Crippen molar-refractivity contribution in [3.8, 4) is 0 Å². The van der Waals surface area contributed by atoms with Gasteiger partial charge in [-0.2, -0.15) is 0 Å². The van der Waals surface area contributed by atoms with E-state index in [0.29, 0.717) is 10.1 Å². The summed E-state index contributed by atoms with van der Waals surface area (Å²) in [7, 11) is 0. The summed E-state index contributed by atoms with van der Waals surface area (Å²) < 4.78 is 13.3. The zero-order chi connectivity index (χ0) is 12.6. The molecule has 1 atom stereocenters. The Labute approximate surface area is 115 Å². The van der Waals surface area contributed by atoms with Crippen LogP contribution in [-0.2, 0) is 17.4 Å². The molecule has 1 aliphatic rings. The fourth-order valence-corrected chi connectivity index (χ4v) is 5.98. The summed E-state index contributed by atoms with van der Waals surface area (Å²) in [5.74, 6) is 0. The highest BCUT2D eigenvalue weighted by atomic mass is 35.7. The molecule has 1 aromatic carbocycles. The van der Waals surface area contributed by atoms with Gasteiger partial charge >= 0.3 is 0 Å². The molecule has 94 valence electrons. The molecule has 1 aliphatic carbocycles. The molecule has 0 amide bonds. The van der Waals surface area contributed by atoms with Gasteiger partial charge in [-0.15, -0.1) is 11.3 Å². The molecule has 18 heavy (non-hydrogen) atoms. The molecule has 0 saturated heterocycles. The number of rotatable bonds is 2. The average Bonchev–Trinajstić information content (AvgIpc) is 2.84. The van der Waals surface area contributed by atoms with Crippen LogP contribution in [0.15, 0.2) is 30.3 Å². The smallest absolute Gasteiger partial charge is 0.253 e. The van der Waals surface area contributed by atoms with Gasteiger partial charge in [0.05, 0.1) is 5.69 Å². The first kappa shape index (κ1) is 12.4. The number of fused-ring (bicyclic) bond motifs is 1. The molecule has 3 rings (SSSR count). The molecule has 0 bridgehead atoms. The normalized spacial score (nSPS) is 18.1. The predicted octanol–water partition coefficient (Wildman–Crippen LogP) is 3.49. The van der Waals surface area contributed by atoms with E-state index in [-0.39, 0.29) is 0 Å². The van der Waals surface area contributed by atoms with Crippen LogP contribution in [0.1, 0.15) is 23.4 Å². The van der Waals surface area contributed by atoms with Crippen molar-refractivity contribution in [2.45, 2.75) is 25.7 Å². The quantitative estimate of drug-likeness (QED) is 0.794. The molecule has 0 fully saturated rings. The van der Waals surface area contributed by atoms with Gasteiger partial charge in [0.15, 0.2) is 4.75 Å². The van der Waals surface area contributed by atoms with Crippen molar-refractivity contribution >= 4 is 39.1 Å². The standard InChI is InChI=1S/C13H13ClNOPS/c14-17(16,10-6-2-1-3-7-10)13-15-11-8-4-5-9-12(11)18-13/h1-3,6-7H,4-5,8-9H2. The number of hydrogen-bond donors (Lipinski definition) is 0. The van der Waals surface area contributed by atoms with E-state index in [1.165, 1.54) is 29.1 Å². The minimum absolute atomic E-state index is 0.599. The lowest BCUT2D eigenvalue weighted by molar-refractivity contribution is 0.595. The van der Waals surface area contributed by atoms with E-state index in [9.17, 15) is 4.57 Å². The molecule has 0 radical (unpaired) electrons. The summed E-state index contributed by atoms with van der Waals surface area (Å²) in [5.41, 5.74) is 1.11. The first-order valence-corrected chi connectivity index (χ1v) is 9.45. The van der Waals surface area contributed by atoms with Gasteiger partial charge in [0.1, 0.15) is 0 Å². The lowest BCUT2D eigenvalue weighted by Gasteiger charge is -2.07. The molecule has 1 unspecified atom stereocenters. The minimum atomic E-state index is -3.02. The molecule has 2 aromatic rings. The molecule has 1 heterocycles.